The Kier molecular flexibility index (Phi) is 18.7. The van der Waals surface area contributed by atoms with Crippen molar-refractivity contribution in [3.05, 3.63) is 131 Å². The maximum absolute atomic E-state index is 9.33. The molecule has 0 saturated heterocycles. The smallest absolute Gasteiger partial charge is 0.127 e. The SMILES string of the molecule is CCCCC(CC)COc1cc(/C=C/c2ccc(N=Nc3ccc(N(CC)CCO)cc3)cc2)c(OC)cc1/C=C/c1ccc(N=Nc2ccc(N(CC)CCO)cc2)cc1. The largest absolute Gasteiger partial charge is 0.496 e. The second-order valence-electron chi connectivity index (χ2n) is 14.7. The summed E-state index contributed by atoms with van der Waals surface area (Å²) in [5.41, 5.74) is 9.04. The highest BCUT2D eigenvalue weighted by Gasteiger charge is 2.13. The van der Waals surface area contributed by atoms with Crippen molar-refractivity contribution in [3.8, 4) is 11.5 Å². The minimum Gasteiger partial charge on any atom is -0.496 e. The van der Waals surface area contributed by atoms with Gasteiger partial charge in [-0.3, -0.25) is 0 Å². The Morgan fingerprint density at radius 1 is 0.557 bits per heavy atom. The van der Waals surface area contributed by atoms with Gasteiger partial charge in [-0.1, -0.05) is 81.7 Å². The fraction of sp³-hybridized carbons (Fsp3) is 0.333. The molecule has 0 aliphatic carbocycles. The number of nitrogens with zero attached hydrogens (tertiary/aromatic N) is 6. The van der Waals surface area contributed by atoms with Gasteiger partial charge < -0.3 is 29.5 Å². The van der Waals surface area contributed by atoms with Crippen molar-refractivity contribution >= 4 is 58.4 Å². The minimum absolute atomic E-state index is 0.115. The highest BCUT2D eigenvalue weighted by Crippen LogP contribution is 2.33. The molecule has 61 heavy (non-hydrogen) atoms. The number of aliphatic hydroxyl groups is 2. The second kappa shape index (κ2) is 24.9. The molecular formula is C51H62N6O4. The molecule has 1 atom stereocenters. The normalized spacial score (nSPS) is 12.2. The standard InChI is InChI=1S/C51H62N6O4/c1-6-10-11-39(7-2)38-61-51-37-42(18-12-40-14-20-44(21-15-40)52-54-46-24-28-48(29-25-46)56(8-3)32-34-58)50(60-5)36-43(51)19-13-41-16-22-45(23-17-41)53-55-47-26-30-49(31-27-47)57(9-4)33-35-59/h12-31,36-37,39,58-59H,6-11,32-35,38H2,1-5H3/b18-12+,19-13+,54-52?,55-53?. The molecule has 320 valence electrons. The van der Waals surface area contributed by atoms with Crippen LogP contribution < -0.4 is 19.3 Å². The maximum Gasteiger partial charge on any atom is 0.127 e. The number of unbranched alkanes of at least 4 members (excludes halogenated alkanes) is 1. The van der Waals surface area contributed by atoms with Crippen LogP contribution in [0.2, 0.25) is 0 Å². The lowest BCUT2D eigenvalue weighted by Gasteiger charge is -2.21. The van der Waals surface area contributed by atoms with Crippen LogP contribution in [-0.4, -0.2) is 63.3 Å². The van der Waals surface area contributed by atoms with E-state index in [1.165, 1.54) is 12.8 Å². The monoisotopic (exact) mass is 822 g/mol. The van der Waals surface area contributed by atoms with E-state index in [0.29, 0.717) is 25.6 Å². The van der Waals surface area contributed by atoms with Gasteiger partial charge in [-0.15, -0.1) is 0 Å². The number of ether oxygens (including phenoxy) is 2. The van der Waals surface area contributed by atoms with Gasteiger partial charge in [0, 0.05) is 48.7 Å². The van der Waals surface area contributed by atoms with Crippen LogP contribution in [0.5, 0.6) is 11.5 Å². The molecule has 0 saturated carbocycles. The first-order chi connectivity index (χ1) is 29.9. The Balaban J connectivity index is 1.30. The number of rotatable bonds is 24. The number of aliphatic hydroxyl groups excluding tert-OH is 2. The summed E-state index contributed by atoms with van der Waals surface area (Å²) in [5.74, 6) is 2.03. The summed E-state index contributed by atoms with van der Waals surface area (Å²) in [6, 6.07) is 35.8. The number of likely N-dealkylation sites (N-methyl/N-ethyl adjacent to an activating group) is 2. The summed E-state index contributed by atoms with van der Waals surface area (Å²) in [7, 11) is 1.69. The quantitative estimate of drug-likeness (QED) is 0.0473. The zero-order valence-corrected chi connectivity index (χ0v) is 36.5. The number of hydrogen-bond acceptors (Lipinski definition) is 10. The average molecular weight is 823 g/mol. The molecule has 0 aliphatic heterocycles. The first-order valence-corrected chi connectivity index (χ1v) is 21.6. The maximum atomic E-state index is 9.33. The number of methoxy groups -OCH3 is 1. The number of anilines is 2. The molecule has 0 radical (unpaired) electrons. The van der Waals surface area contributed by atoms with Gasteiger partial charge in [-0.25, -0.2) is 0 Å². The van der Waals surface area contributed by atoms with Crippen molar-refractivity contribution in [2.45, 2.75) is 53.4 Å². The first kappa shape index (κ1) is 46.0. The summed E-state index contributed by atoms with van der Waals surface area (Å²) >= 11 is 0. The van der Waals surface area contributed by atoms with Crippen LogP contribution in [0.1, 0.15) is 75.6 Å². The van der Waals surface area contributed by atoms with Crippen LogP contribution >= 0.6 is 0 Å². The first-order valence-electron chi connectivity index (χ1n) is 21.6. The molecule has 0 aliphatic rings. The van der Waals surface area contributed by atoms with Crippen molar-refractivity contribution in [1.29, 1.82) is 0 Å². The van der Waals surface area contributed by atoms with Gasteiger partial charge in [0.15, 0.2) is 0 Å². The van der Waals surface area contributed by atoms with Gasteiger partial charge in [0.05, 0.1) is 49.7 Å². The lowest BCUT2D eigenvalue weighted by Crippen LogP contribution is -2.25. The van der Waals surface area contributed by atoms with E-state index in [2.05, 4.69) is 88.3 Å². The highest BCUT2D eigenvalue weighted by atomic mass is 16.5. The molecule has 2 N–H and O–H groups in total. The van der Waals surface area contributed by atoms with Crippen LogP contribution in [0.25, 0.3) is 24.3 Å². The number of benzene rings is 5. The number of hydrogen-bond donors (Lipinski definition) is 2. The van der Waals surface area contributed by atoms with Gasteiger partial charge in [-0.2, -0.15) is 20.5 Å². The van der Waals surface area contributed by atoms with Crippen molar-refractivity contribution < 1.29 is 19.7 Å². The van der Waals surface area contributed by atoms with Crippen LogP contribution in [-0.2, 0) is 0 Å². The van der Waals surface area contributed by atoms with E-state index in [1.807, 2.05) is 103 Å². The summed E-state index contributed by atoms with van der Waals surface area (Å²) in [5, 5.41) is 36.4. The molecule has 0 aromatic heterocycles. The zero-order chi connectivity index (χ0) is 43.2. The summed E-state index contributed by atoms with van der Waals surface area (Å²) in [6.07, 6.45) is 12.8. The third-order valence-electron chi connectivity index (χ3n) is 10.6. The van der Waals surface area contributed by atoms with E-state index < -0.39 is 0 Å². The second-order valence-corrected chi connectivity index (χ2v) is 14.7. The van der Waals surface area contributed by atoms with E-state index in [9.17, 15) is 10.2 Å². The van der Waals surface area contributed by atoms with E-state index in [-0.39, 0.29) is 13.2 Å². The third-order valence-corrected chi connectivity index (χ3v) is 10.6. The Labute approximate surface area is 362 Å². The average Bonchev–Trinajstić information content (AvgIpc) is 3.31. The molecule has 5 aromatic carbocycles. The molecule has 0 fully saturated rings. The van der Waals surface area contributed by atoms with E-state index in [4.69, 9.17) is 9.47 Å². The summed E-state index contributed by atoms with van der Waals surface area (Å²) < 4.78 is 12.5. The molecule has 5 rings (SSSR count). The fourth-order valence-corrected chi connectivity index (χ4v) is 6.81. The summed E-state index contributed by atoms with van der Waals surface area (Å²) in [4.78, 5) is 4.22. The Morgan fingerprint density at radius 2 is 0.967 bits per heavy atom. The number of azo groups is 2. The predicted molar refractivity (Wildman–Crippen MR) is 254 cm³/mol. The molecule has 0 heterocycles. The van der Waals surface area contributed by atoms with E-state index in [0.717, 1.165) is 93.8 Å². The molecule has 10 nitrogen and oxygen atoms in total. The lowest BCUT2D eigenvalue weighted by atomic mass is 10.0. The highest BCUT2D eigenvalue weighted by molar-refractivity contribution is 5.79. The van der Waals surface area contributed by atoms with Gasteiger partial charge in [-0.05, 0) is 122 Å². The Hall–Kier alpha value is -6.10. The fourth-order valence-electron chi connectivity index (χ4n) is 6.81. The zero-order valence-electron chi connectivity index (χ0n) is 36.5. The lowest BCUT2D eigenvalue weighted by molar-refractivity contribution is 0.232. The topological polar surface area (TPSA) is 115 Å². The van der Waals surface area contributed by atoms with Gasteiger partial charge in [0.1, 0.15) is 11.5 Å². The predicted octanol–water partition coefficient (Wildman–Crippen LogP) is 13.1. The van der Waals surface area contributed by atoms with Gasteiger partial charge >= 0.3 is 0 Å². The molecule has 5 aromatic rings. The van der Waals surface area contributed by atoms with E-state index in [1.54, 1.807) is 7.11 Å². The molecule has 10 heteroatoms. The van der Waals surface area contributed by atoms with Crippen LogP contribution in [0.4, 0.5) is 34.1 Å². The van der Waals surface area contributed by atoms with Crippen LogP contribution in [0, 0.1) is 5.92 Å². The minimum atomic E-state index is 0.115. The molecule has 0 spiro atoms. The van der Waals surface area contributed by atoms with Crippen LogP contribution in [0.3, 0.4) is 0 Å². The Bertz CT molecular complexity index is 2170. The van der Waals surface area contributed by atoms with Gasteiger partial charge in [0.25, 0.3) is 0 Å². The third kappa shape index (κ3) is 14.3. The van der Waals surface area contributed by atoms with Crippen LogP contribution in [0.15, 0.2) is 130 Å². The molecule has 0 bridgehead atoms. The van der Waals surface area contributed by atoms with Crippen molar-refractivity contribution in [2.24, 2.45) is 26.4 Å². The van der Waals surface area contributed by atoms with Crippen molar-refractivity contribution in [3.63, 3.8) is 0 Å². The summed E-state index contributed by atoms with van der Waals surface area (Å²) in [6.45, 7) is 12.3. The van der Waals surface area contributed by atoms with Gasteiger partial charge in [0.2, 0.25) is 0 Å². The molecule has 1 unspecified atom stereocenters. The van der Waals surface area contributed by atoms with E-state index >= 15 is 0 Å². The molecular weight excluding hydrogens is 761 g/mol. The van der Waals surface area contributed by atoms with Crippen molar-refractivity contribution in [2.75, 3.05) is 62.9 Å². The van der Waals surface area contributed by atoms with Crippen molar-refractivity contribution in [1.82, 2.24) is 0 Å². The molecule has 0 amide bonds. The Morgan fingerprint density at radius 3 is 1.34 bits per heavy atom.